The Labute approximate surface area is 106 Å². The topological polar surface area (TPSA) is 42.7 Å². The zero-order valence-electron chi connectivity index (χ0n) is 10.1. The van der Waals surface area contributed by atoms with E-state index < -0.39 is 0 Å². The van der Waals surface area contributed by atoms with Crippen molar-refractivity contribution in [1.82, 2.24) is 14.8 Å². The highest BCUT2D eigenvalue weighted by atomic mass is 32.1. The number of thiocarbonyl (C=S) groups is 1. The maximum absolute atomic E-state index is 5.37. The lowest BCUT2D eigenvalue weighted by atomic mass is 10.2. The number of anilines is 1. The van der Waals surface area contributed by atoms with E-state index in [2.05, 4.69) is 15.4 Å². The fraction of sp³-hybridized carbons (Fsp3) is 0.250. The predicted molar refractivity (Wildman–Crippen MR) is 72.2 cm³/mol. The molecule has 0 spiro atoms. The summed E-state index contributed by atoms with van der Waals surface area (Å²) in [7, 11) is 1.89. The van der Waals surface area contributed by atoms with Gasteiger partial charge in [-0.3, -0.25) is 9.67 Å². The fourth-order valence-corrected chi connectivity index (χ4v) is 1.96. The lowest BCUT2D eigenvalue weighted by molar-refractivity contribution is 0.756. The Morgan fingerprint density at radius 2 is 2.12 bits per heavy atom. The summed E-state index contributed by atoms with van der Waals surface area (Å²) in [6.07, 6.45) is 3.67. The van der Waals surface area contributed by atoms with Crippen LogP contribution in [0.2, 0.25) is 0 Å². The minimum Gasteiger partial charge on any atom is -0.343 e. The molecule has 5 heteroatoms. The lowest BCUT2D eigenvalue weighted by Gasteiger charge is -2.08. The van der Waals surface area contributed by atoms with Crippen LogP contribution >= 0.6 is 12.2 Å². The SMILES string of the molecule is Cc1nn(C)cc1NC(=S)c1cccnc1C. The van der Waals surface area contributed by atoms with Gasteiger partial charge >= 0.3 is 0 Å². The van der Waals surface area contributed by atoms with E-state index in [0.29, 0.717) is 4.99 Å². The maximum Gasteiger partial charge on any atom is 0.112 e. The van der Waals surface area contributed by atoms with Gasteiger partial charge in [-0.15, -0.1) is 0 Å². The van der Waals surface area contributed by atoms with Crippen LogP contribution in [0.25, 0.3) is 0 Å². The molecule has 2 aromatic heterocycles. The van der Waals surface area contributed by atoms with Gasteiger partial charge in [0.1, 0.15) is 4.99 Å². The minimum atomic E-state index is 0.673. The van der Waals surface area contributed by atoms with Crippen molar-refractivity contribution >= 4 is 22.9 Å². The molecule has 0 bridgehead atoms. The second-order valence-corrected chi connectivity index (χ2v) is 4.30. The molecule has 2 rings (SSSR count). The number of pyridine rings is 1. The van der Waals surface area contributed by atoms with Gasteiger partial charge in [0.05, 0.1) is 11.4 Å². The molecule has 0 saturated heterocycles. The van der Waals surface area contributed by atoms with Crippen molar-refractivity contribution in [3.63, 3.8) is 0 Å². The number of nitrogens with zero attached hydrogens (tertiary/aromatic N) is 3. The van der Waals surface area contributed by atoms with Gasteiger partial charge in [-0.2, -0.15) is 5.10 Å². The van der Waals surface area contributed by atoms with E-state index in [9.17, 15) is 0 Å². The van der Waals surface area contributed by atoms with Crippen LogP contribution in [0.4, 0.5) is 5.69 Å². The van der Waals surface area contributed by atoms with Crippen molar-refractivity contribution in [2.75, 3.05) is 5.32 Å². The highest BCUT2D eigenvalue weighted by Crippen LogP contribution is 2.14. The van der Waals surface area contributed by atoms with Gasteiger partial charge in [-0.1, -0.05) is 12.2 Å². The van der Waals surface area contributed by atoms with E-state index in [1.165, 1.54) is 0 Å². The van der Waals surface area contributed by atoms with Crippen LogP contribution in [-0.2, 0) is 7.05 Å². The number of hydrogen-bond acceptors (Lipinski definition) is 3. The lowest BCUT2D eigenvalue weighted by Crippen LogP contribution is -2.12. The molecule has 0 aromatic carbocycles. The first-order chi connectivity index (χ1) is 8.08. The summed E-state index contributed by atoms with van der Waals surface area (Å²) < 4.78 is 1.76. The molecule has 0 amide bonds. The molecule has 0 saturated carbocycles. The number of aryl methyl sites for hydroxylation is 3. The maximum atomic E-state index is 5.37. The summed E-state index contributed by atoms with van der Waals surface area (Å²) in [5.41, 5.74) is 3.73. The minimum absolute atomic E-state index is 0.673. The van der Waals surface area contributed by atoms with Gasteiger partial charge in [-0.25, -0.2) is 0 Å². The van der Waals surface area contributed by atoms with Crippen LogP contribution in [0.3, 0.4) is 0 Å². The number of hydrogen-bond donors (Lipinski definition) is 1. The van der Waals surface area contributed by atoms with E-state index in [1.54, 1.807) is 10.9 Å². The smallest absolute Gasteiger partial charge is 0.112 e. The largest absolute Gasteiger partial charge is 0.343 e. The third-order valence-electron chi connectivity index (χ3n) is 2.51. The first-order valence-corrected chi connectivity index (χ1v) is 5.72. The Bertz CT molecular complexity index is 559. The number of rotatable bonds is 2. The highest BCUT2D eigenvalue weighted by Gasteiger charge is 2.08. The molecular formula is C12H14N4S. The molecule has 0 aliphatic rings. The first kappa shape index (κ1) is 11.7. The number of aromatic nitrogens is 3. The van der Waals surface area contributed by atoms with Crippen molar-refractivity contribution in [3.8, 4) is 0 Å². The Hall–Kier alpha value is -1.75. The van der Waals surface area contributed by atoms with Crippen molar-refractivity contribution in [2.24, 2.45) is 7.05 Å². The third kappa shape index (κ3) is 2.50. The molecular weight excluding hydrogens is 232 g/mol. The molecule has 0 unspecified atom stereocenters. The average Bonchev–Trinajstić information content (AvgIpc) is 2.58. The highest BCUT2D eigenvalue weighted by molar-refractivity contribution is 7.81. The Morgan fingerprint density at radius 1 is 1.35 bits per heavy atom. The molecule has 88 valence electrons. The molecule has 4 nitrogen and oxygen atoms in total. The second kappa shape index (κ2) is 4.63. The van der Waals surface area contributed by atoms with Crippen molar-refractivity contribution in [2.45, 2.75) is 13.8 Å². The molecule has 0 radical (unpaired) electrons. The second-order valence-electron chi connectivity index (χ2n) is 3.89. The number of nitrogens with one attached hydrogen (secondary N) is 1. The summed E-state index contributed by atoms with van der Waals surface area (Å²) in [5, 5.41) is 7.46. The van der Waals surface area contributed by atoms with E-state index in [4.69, 9.17) is 12.2 Å². The van der Waals surface area contributed by atoms with Crippen LogP contribution in [0.1, 0.15) is 17.0 Å². The van der Waals surface area contributed by atoms with Gasteiger partial charge in [0, 0.05) is 30.7 Å². The van der Waals surface area contributed by atoms with Crippen molar-refractivity contribution in [1.29, 1.82) is 0 Å². The van der Waals surface area contributed by atoms with Gasteiger partial charge < -0.3 is 5.32 Å². The normalized spacial score (nSPS) is 10.3. The average molecular weight is 246 g/mol. The summed E-state index contributed by atoms with van der Waals surface area (Å²) in [6, 6.07) is 3.84. The molecule has 0 aliphatic carbocycles. The van der Waals surface area contributed by atoms with Gasteiger partial charge in [-0.05, 0) is 26.0 Å². The molecule has 0 aliphatic heterocycles. The van der Waals surface area contributed by atoms with Crippen LogP contribution < -0.4 is 5.32 Å². The first-order valence-electron chi connectivity index (χ1n) is 5.31. The van der Waals surface area contributed by atoms with Crippen LogP contribution in [0, 0.1) is 13.8 Å². The van der Waals surface area contributed by atoms with Gasteiger partial charge in [0.2, 0.25) is 0 Å². The van der Waals surface area contributed by atoms with Crippen LogP contribution in [0.15, 0.2) is 24.5 Å². The zero-order valence-corrected chi connectivity index (χ0v) is 10.9. The summed E-state index contributed by atoms with van der Waals surface area (Å²) in [6.45, 7) is 3.89. The molecule has 1 N–H and O–H groups in total. The molecule has 2 heterocycles. The standard InChI is InChI=1S/C12H14N4S/c1-8-10(5-4-6-13-8)12(17)14-11-7-16(3)15-9(11)2/h4-7H,1-3H3,(H,14,17). The third-order valence-corrected chi connectivity index (χ3v) is 2.84. The quantitative estimate of drug-likeness (QED) is 0.825. The van der Waals surface area contributed by atoms with E-state index in [1.807, 2.05) is 39.2 Å². The summed E-state index contributed by atoms with van der Waals surface area (Å²) in [4.78, 5) is 4.89. The summed E-state index contributed by atoms with van der Waals surface area (Å²) in [5.74, 6) is 0. The van der Waals surface area contributed by atoms with Crippen molar-refractivity contribution < 1.29 is 0 Å². The van der Waals surface area contributed by atoms with E-state index >= 15 is 0 Å². The van der Waals surface area contributed by atoms with Crippen molar-refractivity contribution in [3.05, 3.63) is 41.5 Å². The monoisotopic (exact) mass is 246 g/mol. The molecule has 2 aromatic rings. The van der Waals surface area contributed by atoms with Crippen LogP contribution in [0.5, 0.6) is 0 Å². The zero-order chi connectivity index (χ0) is 12.4. The predicted octanol–water partition coefficient (Wildman–Crippen LogP) is 2.22. The molecule has 0 fully saturated rings. The van der Waals surface area contributed by atoms with Crippen LogP contribution in [-0.4, -0.2) is 19.8 Å². The van der Waals surface area contributed by atoms with E-state index in [-0.39, 0.29) is 0 Å². The molecule has 0 atom stereocenters. The van der Waals surface area contributed by atoms with Gasteiger partial charge in [0.25, 0.3) is 0 Å². The summed E-state index contributed by atoms with van der Waals surface area (Å²) >= 11 is 5.37. The fourth-order valence-electron chi connectivity index (χ4n) is 1.64. The Kier molecular flexibility index (Phi) is 3.19. The molecule has 17 heavy (non-hydrogen) atoms. The van der Waals surface area contributed by atoms with E-state index in [0.717, 1.165) is 22.6 Å². The Balaban J connectivity index is 2.23. The Morgan fingerprint density at radius 3 is 2.71 bits per heavy atom. The van der Waals surface area contributed by atoms with Gasteiger partial charge in [0.15, 0.2) is 0 Å².